The Hall–Kier alpha value is -1.27. The van der Waals surface area contributed by atoms with Crippen LogP contribution in [0.5, 0.6) is 0 Å². The molecule has 0 bridgehead atoms. The van der Waals surface area contributed by atoms with Crippen LogP contribution in [0.2, 0.25) is 5.02 Å². The second-order valence-electron chi connectivity index (χ2n) is 3.90. The fourth-order valence-electron chi connectivity index (χ4n) is 1.45. The van der Waals surface area contributed by atoms with Crippen molar-refractivity contribution in [1.29, 1.82) is 0 Å². The van der Waals surface area contributed by atoms with Crippen molar-refractivity contribution in [1.82, 2.24) is 5.32 Å². The van der Waals surface area contributed by atoms with Gasteiger partial charge < -0.3 is 15.7 Å². The minimum absolute atomic E-state index is 0.367. The average molecular weight is 350 g/mol. The molecule has 0 spiro atoms. The van der Waals surface area contributed by atoms with Crippen LogP contribution in [0.25, 0.3) is 0 Å². The van der Waals surface area contributed by atoms with E-state index in [0.29, 0.717) is 23.6 Å². The predicted molar refractivity (Wildman–Crippen MR) is 77.6 cm³/mol. The number of rotatable bonds is 5. The van der Waals surface area contributed by atoms with E-state index in [1.54, 1.807) is 18.2 Å². The zero-order chi connectivity index (χ0) is 14.4. The standard InChI is InChI=1S/C12H14BrClN2O3/c1-2-3-10(11(17)18)16-12(19)15-9-5-4-7(13)6-8(9)14/h4-6,10H,2-3H2,1H3,(H,17,18)(H2,15,16,19)/t10-/m1/s1. The summed E-state index contributed by atoms with van der Waals surface area (Å²) in [5.74, 6) is -1.06. The molecule has 0 heterocycles. The van der Waals surface area contributed by atoms with Gasteiger partial charge in [0.15, 0.2) is 0 Å². The van der Waals surface area contributed by atoms with Crippen LogP contribution in [0.4, 0.5) is 10.5 Å². The molecule has 0 fully saturated rings. The summed E-state index contributed by atoms with van der Waals surface area (Å²) in [6.07, 6.45) is 1.03. The van der Waals surface area contributed by atoms with Crippen molar-refractivity contribution < 1.29 is 14.7 Å². The third kappa shape index (κ3) is 5.08. The molecule has 5 nitrogen and oxygen atoms in total. The SMILES string of the molecule is CCC[C@@H](NC(=O)Nc1ccc(Br)cc1Cl)C(=O)O. The number of halogens is 2. The van der Waals surface area contributed by atoms with Crippen molar-refractivity contribution >= 4 is 45.2 Å². The summed E-state index contributed by atoms with van der Waals surface area (Å²) in [4.78, 5) is 22.6. The summed E-state index contributed by atoms with van der Waals surface area (Å²) in [7, 11) is 0. The summed E-state index contributed by atoms with van der Waals surface area (Å²) in [5, 5.41) is 14.2. The number of carbonyl (C=O) groups excluding carboxylic acids is 1. The van der Waals surface area contributed by atoms with Crippen molar-refractivity contribution in [2.75, 3.05) is 5.32 Å². The van der Waals surface area contributed by atoms with Gasteiger partial charge in [-0.15, -0.1) is 0 Å². The van der Waals surface area contributed by atoms with Crippen LogP contribution in [0.1, 0.15) is 19.8 Å². The summed E-state index contributed by atoms with van der Waals surface area (Å²) < 4.78 is 0.790. The molecule has 3 N–H and O–H groups in total. The van der Waals surface area contributed by atoms with Crippen molar-refractivity contribution in [3.8, 4) is 0 Å². The number of hydrogen-bond acceptors (Lipinski definition) is 2. The minimum atomic E-state index is -1.06. The fourth-order valence-corrected chi connectivity index (χ4v) is 2.17. The van der Waals surface area contributed by atoms with Crippen molar-refractivity contribution in [2.24, 2.45) is 0 Å². The number of carboxylic acid groups (broad SMARTS) is 1. The van der Waals surface area contributed by atoms with E-state index < -0.39 is 18.0 Å². The molecule has 2 amide bonds. The predicted octanol–water partition coefficient (Wildman–Crippen LogP) is 3.48. The topological polar surface area (TPSA) is 78.4 Å². The van der Waals surface area contributed by atoms with Gasteiger partial charge in [0.25, 0.3) is 0 Å². The Morgan fingerprint density at radius 3 is 2.68 bits per heavy atom. The second-order valence-corrected chi connectivity index (χ2v) is 5.23. The van der Waals surface area contributed by atoms with Gasteiger partial charge >= 0.3 is 12.0 Å². The second kappa shape index (κ2) is 7.35. The van der Waals surface area contributed by atoms with E-state index in [4.69, 9.17) is 16.7 Å². The lowest BCUT2D eigenvalue weighted by Crippen LogP contribution is -2.42. The van der Waals surface area contributed by atoms with Gasteiger partial charge in [0, 0.05) is 4.47 Å². The molecular weight excluding hydrogens is 336 g/mol. The third-order valence-electron chi connectivity index (χ3n) is 2.36. The molecule has 0 saturated heterocycles. The number of carboxylic acids is 1. The Morgan fingerprint density at radius 1 is 1.47 bits per heavy atom. The molecule has 0 radical (unpaired) electrons. The summed E-state index contributed by atoms with van der Waals surface area (Å²) in [6, 6.07) is 3.49. The van der Waals surface area contributed by atoms with Crippen LogP contribution in [-0.4, -0.2) is 23.1 Å². The van der Waals surface area contributed by atoms with Gasteiger partial charge in [0.05, 0.1) is 10.7 Å². The quantitative estimate of drug-likeness (QED) is 0.761. The summed E-state index contributed by atoms with van der Waals surface area (Å²) in [6.45, 7) is 1.85. The van der Waals surface area contributed by atoms with E-state index in [-0.39, 0.29) is 0 Å². The van der Waals surface area contributed by atoms with Gasteiger partial charge in [-0.1, -0.05) is 40.9 Å². The number of anilines is 1. The maximum Gasteiger partial charge on any atom is 0.326 e. The number of nitrogens with one attached hydrogen (secondary N) is 2. The lowest BCUT2D eigenvalue weighted by Gasteiger charge is -2.14. The molecule has 104 valence electrons. The molecular formula is C12H14BrClN2O3. The van der Waals surface area contributed by atoms with Crippen LogP contribution in [0.3, 0.4) is 0 Å². The number of benzene rings is 1. The van der Waals surface area contributed by atoms with Gasteiger partial charge in [-0.25, -0.2) is 9.59 Å². The van der Waals surface area contributed by atoms with Crippen LogP contribution < -0.4 is 10.6 Å². The number of carbonyl (C=O) groups is 2. The van der Waals surface area contributed by atoms with Crippen LogP contribution >= 0.6 is 27.5 Å². The maximum absolute atomic E-state index is 11.7. The lowest BCUT2D eigenvalue weighted by molar-refractivity contribution is -0.139. The Balaban J connectivity index is 2.66. The highest BCUT2D eigenvalue weighted by Gasteiger charge is 2.19. The molecule has 19 heavy (non-hydrogen) atoms. The van der Waals surface area contributed by atoms with E-state index in [9.17, 15) is 9.59 Å². The molecule has 0 aliphatic rings. The number of aliphatic carboxylic acids is 1. The zero-order valence-electron chi connectivity index (χ0n) is 10.2. The Bertz CT molecular complexity index is 482. The Kier molecular flexibility index (Phi) is 6.11. The van der Waals surface area contributed by atoms with Crippen molar-refractivity contribution in [2.45, 2.75) is 25.8 Å². The first kappa shape index (κ1) is 15.8. The molecule has 1 aromatic rings. The molecule has 1 atom stereocenters. The lowest BCUT2D eigenvalue weighted by atomic mass is 10.2. The average Bonchev–Trinajstić information content (AvgIpc) is 2.32. The van der Waals surface area contributed by atoms with Gasteiger partial charge in [-0.3, -0.25) is 0 Å². The van der Waals surface area contributed by atoms with E-state index in [2.05, 4.69) is 26.6 Å². The number of hydrogen-bond donors (Lipinski definition) is 3. The summed E-state index contributed by atoms with van der Waals surface area (Å²) >= 11 is 9.20. The van der Waals surface area contributed by atoms with Crippen LogP contribution in [0.15, 0.2) is 22.7 Å². The molecule has 0 aliphatic carbocycles. The molecule has 0 unspecified atom stereocenters. The monoisotopic (exact) mass is 348 g/mol. The molecule has 1 rings (SSSR count). The fraction of sp³-hybridized carbons (Fsp3) is 0.333. The first-order chi connectivity index (χ1) is 8.93. The highest BCUT2D eigenvalue weighted by molar-refractivity contribution is 9.10. The Morgan fingerprint density at radius 2 is 2.16 bits per heavy atom. The van der Waals surface area contributed by atoms with Crippen molar-refractivity contribution in [3.63, 3.8) is 0 Å². The molecule has 1 aromatic carbocycles. The number of amides is 2. The van der Waals surface area contributed by atoms with E-state index in [0.717, 1.165) is 4.47 Å². The van der Waals surface area contributed by atoms with Crippen LogP contribution in [0, 0.1) is 0 Å². The molecule has 0 aliphatic heterocycles. The first-order valence-corrected chi connectivity index (χ1v) is 6.86. The highest BCUT2D eigenvalue weighted by atomic mass is 79.9. The highest BCUT2D eigenvalue weighted by Crippen LogP contribution is 2.25. The van der Waals surface area contributed by atoms with E-state index in [1.165, 1.54) is 0 Å². The first-order valence-electron chi connectivity index (χ1n) is 5.69. The van der Waals surface area contributed by atoms with Crippen molar-refractivity contribution in [3.05, 3.63) is 27.7 Å². The zero-order valence-corrected chi connectivity index (χ0v) is 12.6. The largest absolute Gasteiger partial charge is 0.480 e. The minimum Gasteiger partial charge on any atom is -0.480 e. The van der Waals surface area contributed by atoms with Gasteiger partial charge in [0.2, 0.25) is 0 Å². The third-order valence-corrected chi connectivity index (χ3v) is 3.17. The molecule has 0 aromatic heterocycles. The Labute approximate surface area is 124 Å². The normalized spacial score (nSPS) is 11.7. The number of urea groups is 1. The van der Waals surface area contributed by atoms with Crippen LogP contribution in [-0.2, 0) is 4.79 Å². The maximum atomic E-state index is 11.7. The summed E-state index contributed by atoms with van der Waals surface area (Å²) in [5.41, 5.74) is 0.419. The molecule has 7 heteroatoms. The van der Waals surface area contributed by atoms with E-state index in [1.807, 2.05) is 6.92 Å². The smallest absolute Gasteiger partial charge is 0.326 e. The van der Waals surface area contributed by atoms with E-state index >= 15 is 0 Å². The van der Waals surface area contributed by atoms with Gasteiger partial charge in [-0.2, -0.15) is 0 Å². The van der Waals surface area contributed by atoms with Gasteiger partial charge in [-0.05, 0) is 24.6 Å². The van der Waals surface area contributed by atoms with Gasteiger partial charge in [0.1, 0.15) is 6.04 Å². The molecule has 0 saturated carbocycles.